The lowest BCUT2D eigenvalue weighted by molar-refractivity contribution is -0.146. The molecular weight excluding hydrogens is 160 g/mol. The maximum atomic E-state index is 10.5. The molecule has 0 aliphatic carbocycles. The Morgan fingerprint density at radius 3 is 2.40 bits per heavy atom. The maximum absolute atomic E-state index is 10.5. The Morgan fingerprint density at radius 1 is 1.60 bits per heavy atom. The molecule has 3 atom stereocenters. The molecular formula is C5H7ClO4. The molecule has 5 heteroatoms. The molecule has 1 heterocycles. The monoisotopic (exact) mass is 166 g/mol. The van der Waals surface area contributed by atoms with Gasteiger partial charge in [-0.3, -0.25) is 0 Å². The topological polar surface area (TPSA) is 66.8 Å². The van der Waals surface area contributed by atoms with Crippen LogP contribution in [0.15, 0.2) is 0 Å². The number of aliphatic hydroxyl groups excluding tert-OH is 2. The number of hydrogen-bond acceptors (Lipinski definition) is 4. The van der Waals surface area contributed by atoms with Crippen LogP contribution in [0.2, 0.25) is 0 Å². The van der Waals surface area contributed by atoms with E-state index >= 15 is 0 Å². The summed E-state index contributed by atoms with van der Waals surface area (Å²) >= 11 is 5.28. The summed E-state index contributed by atoms with van der Waals surface area (Å²) in [5, 5.41) is 17.7. The van der Waals surface area contributed by atoms with E-state index < -0.39 is 24.3 Å². The largest absolute Gasteiger partial charge is 0.456 e. The molecule has 0 saturated carbocycles. The molecule has 0 aromatic rings. The second-order valence-corrected chi connectivity index (χ2v) is 2.37. The average Bonchev–Trinajstić information content (AvgIpc) is 2.17. The van der Waals surface area contributed by atoms with Gasteiger partial charge in [0.05, 0.1) is 5.88 Å². The molecule has 2 N–H and O–H groups in total. The molecule has 1 aliphatic rings. The molecule has 0 amide bonds. The fourth-order valence-corrected chi connectivity index (χ4v) is 1.000. The van der Waals surface area contributed by atoms with E-state index in [0.29, 0.717) is 0 Å². The van der Waals surface area contributed by atoms with Gasteiger partial charge in [0.2, 0.25) is 0 Å². The number of ether oxygens (including phenoxy) is 1. The maximum Gasteiger partial charge on any atom is 0.338 e. The van der Waals surface area contributed by atoms with E-state index in [4.69, 9.17) is 21.8 Å². The zero-order chi connectivity index (χ0) is 7.72. The highest BCUT2D eigenvalue weighted by molar-refractivity contribution is 6.18. The molecule has 1 aliphatic heterocycles. The highest BCUT2D eigenvalue weighted by Gasteiger charge is 2.41. The van der Waals surface area contributed by atoms with Gasteiger partial charge < -0.3 is 14.9 Å². The van der Waals surface area contributed by atoms with Crippen molar-refractivity contribution in [2.24, 2.45) is 0 Å². The van der Waals surface area contributed by atoms with E-state index in [1.807, 2.05) is 0 Å². The van der Waals surface area contributed by atoms with Crippen LogP contribution in [0.4, 0.5) is 0 Å². The molecule has 1 saturated heterocycles. The number of cyclic esters (lactones) is 1. The van der Waals surface area contributed by atoms with E-state index in [1.165, 1.54) is 0 Å². The lowest BCUT2D eigenvalue weighted by Crippen LogP contribution is -2.31. The molecule has 0 radical (unpaired) electrons. The minimum atomic E-state index is -1.43. The third-order valence-electron chi connectivity index (χ3n) is 1.37. The van der Waals surface area contributed by atoms with E-state index in [-0.39, 0.29) is 5.88 Å². The van der Waals surface area contributed by atoms with E-state index in [9.17, 15) is 4.79 Å². The van der Waals surface area contributed by atoms with Crippen molar-refractivity contribution in [2.45, 2.75) is 18.3 Å². The average molecular weight is 167 g/mol. The zero-order valence-corrected chi connectivity index (χ0v) is 5.78. The summed E-state index contributed by atoms with van der Waals surface area (Å²) in [5.41, 5.74) is 0. The fourth-order valence-electron chi connectivity index (χ4n) is 0.754. The van der Waals surface area contributed by atoms with Crippen LogP contribution in [-0.2, 0) is 9.53 Å². The van der Waals surface area contributed by atoms with Gasteiger partial charge in [-0.1, -0.05) is 0 Å². The Labute approximate surface area is 62.4 Å². The van der Waals surface area contributed by atoms with Crippen LogP contribution in [0.3, 0.4) is 0 Å². The minimum absolute atomic E-state index is 0.00394. The second kappa shape index (κ2) is 2.74. The summed E-state index contributed by atoms with van der Waals surface area (Å²) in [6.45, 7) is 0. The van der Waals surface area contributed by atoms with E-state index in [0.717, 1.165) is 0 Å². The molecule has 10 heavy (non-hydrogen) atoms. The lowest BCUT2D eigenvalue weighted by atomic mass is 10.2. The quantitative estimate of drug-likeness (QED) is 0.382. The molecule has 0 bridgehead atoms. The van der Waals surface area contributed by atoms with Gasteiger partial charge >= 0.3 is 5.97 Å². The number of alkyl halides is 1. The van der Waals surface area contributed by atoms with Crippen LogP contribution in [0.1, 0.15) is 0 Å². The SMILES string of the molecule is O=C1O[C@H](CCl)[C@H](O)[C@H]1O. The van der Waals surface area contributed by atoms with Gasteiger partial charge in [0.25, 0.3) is 0 Å². The number of carbonyl (C=O) groups excluding carboxylic acids is 1. The summed E-state index contributed by atoms with van der Waals surface area (Å²) < 4.78 is 4.46. The van der Waals surface area contributed by atoms with E-state index in [1.54, 1.807) is 0 Å². The summed E-state index contributed by atoms with van der Waals surface area (Å²) in [7, 11) is 0. The van der Waals surface area contributed by atoms with Crippen molar-refractivity contribution in [3.05, 3.63) is 0 Å². The fraction of sp³-hybridized carbons (Fsp3) is 0.800. The van der Waals surface area contributed by atoms with Gasteiger partial charge in [-0.25, -0.2) is 4.79 Å². The molecule has 0 aromatic heterocycles. The normalized spacial score (nSPS) is 39.9. The first-order valence-corrected chi connectivity index (χ1v) is 3.33. The van der Waals surface area contributed by atoms with Crippen LogP contribution in [0.25, 0.3) is 0 Å². The van der Waals surface area contributed by atoms with Crippen LogP contribution in [0, 0.1) is 0 Å². The van der Waals surface area contributed by atoms with Gasteiger partial charge in [-0.2, -0.15) is 0 Å². The molecule has 58 valence electrons. The van der Waals surface area contributed by atoms with Gasteiger partial charge in [-0.15, -0.1) is 11.6 Å². The lowest BCUT2D eigenvalue weighted by Gasteiger charge is -2.07. The first-order chi connectivity index (χ1) is 4.66. The zero-order valence-electron chi connectivity index (χ0n) is 5.03. The number of esters is 1. The first-order valence-electron chi connectivity index (χ1n) is 2.79. The number of halogens is 1. The van der Waals surface area contributed by atoms with Crippen molar-refractivity contribution >= 4 is 17.6 Å². The Morgan fingerprint density at radius 2 is 2.20 bits per heavy atom. The Bertz CT molecular complexity index is 149. The highest BCUT2D eigenvalue weighted by atomic mass is 35.5. The van der Waals surface area contributed by atoms with Crippen molar-refractivity contribution in [1.82, 2.24) is 0 Å². The molecule has 0 spiro atoms. The van der Waals surface area contributed by atoms with Crippen LogP contribution < -0.4 is 0 Å². The Balaban J connectivity index is 2.61. The molecule has 1 fully saturated rings. The van der Waals surface area contributed by atoms with E-state index in [2.05, 4.69) is 4.74 Å². The Hall–Kier alpha value is -0.320. The van der Waals surface area contributed by atoms with Crippen molar-refractivity contribution < 1.29 is 19.7 Å². The molecule has 4 nitrogen and oxygen atoms in total. The number of aliphatic hydroxyl groups is 2. The predicted molar refractivity (Wildman–Crippen MR) is 32.6 cm³/mol. The third-order valence-corrected chi connectivity index (χ3v) is 1.67. The van der Waals surface area contributed by atoms with Gasteiger partial charge in [0.1, 0.15) is 12.2 Å². The van der Waals surface area contributed by atoms with Crippen LogP contribution in [-0.4, -0.2) is 40.4 Å². The highest BCUT2D eigenvalue weighted by Crippen LogP contribution is 2.16. The molecule has 0 aromatic carbocycles. The van der Waals surface area contributed by atoms with Crippen molar-refractivity contribution in [2.75, 3.05) is 5.88 Å². The number of hydrogen-bond donors (Lipinski definition) is 2. The minimum Gasteiger partial charge on any atom is -0.456 e. The van der Waals surface area contributed by atoms with Crippen LogP contribution >= 0.6 is 11.6 Å². The van der Waals surface area contributed by atoms with Gasteiger partial charge in [0, 0.05) is 0 Å². The standard InChI is InChI=1S/C5H7ClO4/c6-1-2-3(7)4(8)5(9)10-2/h2-4,7-8H,1H2/t2-,3+,4-/m1/s1. The number of rotatable bonds is 1. The van der Waals surface area contributed by atoms with Gasteiger partial charge in [-0.05, 0) is 0 Å². The van der Waals surface area contributed by atoms with Crippen molar-refractivity contribution in [3.8, 4) is 0 Å². The van der Waals surface area contributed by atoms with Crippen LogP contribution in [0.5, 0.6) is 0 Å². The molecule has 1 rings (SSSR count). The van der Waals surface area contributed by atoms with Crippen molar-refractivity contribution in [1.29, 1.82) is 0 Å². The summed E-state index contributed by atoms with van der Waals surface area (Å²) in [6, 6.07) is 0. The molecule has 0 unspecified atom stereocenters. The summed E-state index contributed by atoms with van der Waals surface area (Å²) in [5.74, 6) is -0.803. The predicted octanol–water partition coefficient (Wildman–Crippen LogP) is -1.13. The van der Waals surface area contributed by atoms with Gasteiger partial charge in [0.15, 0.2) is 6.10 Å². The number of carbonyl (C=O) groups is 1. The summed E-state index contributed by atoms with van der Waals surface area (Å²) in [4.78, 5) is 10.5. The van der Waals surface area contributed by atoms with Crippen molar-refractivity contribution in [3.63, 3.8) is 0 Å². The first kappa shape index (κ1) is 7.78. The Kier molecular flexibility index (Phi) is 2.13. The smallest absolute Gasteiger partial charge is 0.338 e. The second-order valence-electron chi connectivity index (χ2n) is 2.07. The summed E-state index contributed by atoms with van der Waals surface area (Å²) in [6.07, 6.45) is -3.36. The third kappa shape index (κ3) is 1.10.